The van der Waals surface area contributed by atoms with Crippen LogP contribution in [0.5, 0.6) is 0 Å². The first kappa shape index (κ1) is 12.6. The SMILES string of the molecule is OC1(C2=CCCCC2)C2CCC1Cc1ccccc1C2. The molecule has 1 aromatic carbocycles. The van der Waals surface area contributed by atoms with Crippen molar-refractivity contribution in [1.82, 2.24) is 0 Å². The van der Waals surface area contributed by atoms with Gasteiger partial charge in [0.05, 0.1) is 5.60 Å². The van der Waals surface area contributed by atoms with Gasteiger partial charge in [-0.15, -0.1) is 0 Å². The lowest BCUT2D eigenvalue weighted by Gasteiger charge is -2.38. The third kappa shape index (κ3) is 1.79. The molecular weight excluding hydrogens is 244 g/mol. The van der Waals surface area contributed by atoms with Gasteiger partial charge in [-0.05, 0) is 79.9 Å². The van der Waals surface area contributed by atoms with Crippen molar-refractivity contribution in [1.29, 1.82) is 0 Å². The van der Waals surface area contributed by atoms with Crippen LogP contribution >= 0.6 is 0 Å². The summed E-state index contributed by atoms with van der Waals surface area (Å²) < 4.78 is 0. The van der Waals surface area contributed by atoms with E-state index in [1.165, 1.54) is 48.8 Å². The van der Waals surface area contributed by atoms with Gasteiger partial charge in [-0.1, -0.05) is 30.3 Å². The van der Waals surface area contributed by atoms with Crippen LogP contribution < -0.4 is 0 Å². The van der Waals surface area contributed by atoms with E-state index in [2.05, 4.69) is 30.3 Å². The predicted octanol–water partition coefficient (Wildman–Crippen LogP) is 4.04. The molecule has 20 heavy (non-hydrogen) atoms. The van der Waals surface area contributed by atoms with Gasteiger partial charge < -0.3 is 5.11 Å². The summed E-state index contributed by atoms with van der Waals surface area (Å²) in [5.41, 5.74) is 3.84. The molecule has 1 nitrogen and oxygen atoms in total. The summed E-state index contributed by atoms with van der Waals surface area (Å²) in [6, 6.07) is 8.84. The molecule has 0 spiro atoms. The molecule has 3 aliphatic carbocycles. The van der Waals surface area contributed by atoms with Crippen LogP contribution in [0.1, 0.15) is 49.7 Å². The summed E-state index contributed by atoms with van der Waals surface area (Å²) >= 11 is 0. The zero-order valence-electron chi connectivity index (χ0n) is 12.1. The number of aliphatic hydroxyl groups is 1. The van der Waals surface area contributed by atoms with Crippen LogP contribution in [0.15, 0.2) is 35.9 Å². The van der Waals surface area contributed by atoms with Crippen molar-refractivity contribution in [3.05, 3.63) is 47.0 Å². The Labute approximate surface area is 121 Å². The molecule has 0 radical (unpaired) electrons. The smallest absolute Gasteiger partial charge is 0.0919 e. The molecule has 1 fully saturated rings. The predicted molar refractivity (Wildman–Crippen MR) is 81.6 cm³/mol. The molecule has 0 amide bonds. The molecule has 2 atom stereocenters. The molecule has 1 N–H and O–H groups in total. The quantitative estimate of drug-likeness (QED) is 0.762. The molecule has 2 unspecified atom stereocenters. The molecule has 4 rings (SSSR count). The lowest BCUT2D eigenvalue weighted by atomic mass is 9.73. The maximum atomic E-state index is 11.6. The average molecular weight is 268 g/mol. The topological polar surface area (TPSA) is 20.2 Å². The number of rotatable bonds is 1. The lowest BCUT2D eigenvalue weighted by Crippen LogP contribution is -2.42. The van der Waals surface area contributed by atoms with Gasteiger partial charge in [0, 0.05) is 0 Å². The zero-order chi connectivity index (χ0) is 13.6. The Balaban J connectivity index is 1.75. The molecule has 0 aromatic heterocycles. The third-order valence-corrected chi connectivity index (χ3v) is 5.96. The Kier molecular flexibility index (Phi) is 2.99. The van der Waals surface area contributed by atoms with Gasteiger partial charge in [-0.25, -0.2) is 0 Å². The number of allylic oxidation sites excluding steroid dienone is 1. The summed E-state index contributed by atoms with van der Waals surface area (Å²) in [7, 11) is 0. The molecule has 1 saturated carbocycles. The molecule has 0 heterocycles. The number of hydrogen-bond donors (Lipinski definition) is 1. The highest BCUT2D eigenvalue weighted by molar-refractivity contribution is 5.35. The van der Waals surface area contributed by atoms with Crippen LogP contribution in [-0.4, -0.2) is 10.7 Å². The van der Waals surface area contributed by atoms with E-state index in [1.54, 1.807) is 0 Å². The summed E-state index contributed by atoms with van der Waals surface area (Å²) in [5.74, 6) is 0.890. The highest BCUT2D eigenvalue weighted by atomic mass is 16.3. The van der Waals surface area contributed by atoms with Gasteiger partial charge in [0.1, 0.15) is 0 Å². The summed E-state index contributed by atoms with van der Waals surface area (Å²) in [4.78, 5) is 0. The zero-order valence-corrected chi connectivity index (χ0v) is 12.1. The maximum Gasteiger partial charge on any atom is 0.0919 e. The van der Waals surface area contributed by atoms with Gasteiger partial charge in [0.15, 0.2) is 0 Å². The summed E-state index contributed by atoms with van der Waals surface area (Å²) in [5, 5.41) is 11.6. The van der Waals surface area contributed by atoms with E-state index in [9.17, 15) is 5.11 Å². The van der Waals surface area contributed by atoms with E-state index >= 15 is 0 Å². The van der Waals surface area contributed by atoms with Crippen molar-refractivity contribution in [2.24, 2.45) is 11.8 Å². The van der Waals surface area contributed by atoms with Gasteiger partial charge >= 0.3 is 0 Å². The van der Waals surface area contributed by atoms with E-state index in [-0.39, 0.29) is 0 Å². The van der Waals surface area contributed by atoms with Crippen LogP contribution in [0.25, 0.3) is 0 Å². The molecule has 3 aliphatic rings. The first-order chi connectivity index (χ1) is 9.78. The van der Waals surface area contributed by atoms with Crippen molar-refractivity contribution in [3.63, 3.8) is 0 Å². The lowest BCUT2D eigenvalue weighted by molar-refractivity contribution is -0.00219. The minimum atomic E-state index is -0.501. The Morgan fingerprint density at radius 1 is 0.950 bits per heavy atom. The van der Waals surface area contributed by atoms with E-state index in [0.717, 1.165) is 19.3 Å². The Morgan fingerprint density at radius 2 is 1.60 bits per heavy atom. The second-order valence-electron chi connectivity index (χ2n) is 6.95. The van der Waals surface area contributed by atoms with Crippen molar-refractivity contribution < 1.29 is 5.11 Å². The summed E-state index contributed by atoms with van der Waals surface area (Å²) in [6.45, 7) is 0. The van der Waals surface area contributed by atoms with Crippen LogP contribution in [0.2, 0.25) is 0 Å². The molecule has 1 heteroatoms. The largest absolute Gasteiger partial charge is 0.385 e. The Morgan fingerprint density at radius 3 is 2.15 bits per heavy atom. The van der Waals surface area contributed by atoms with Gasteiger partial charge in [0.25, 0.3) is 0 Å². The second kappa shape index (κ2) is 4.73. The first-order valence-electron chi connectivity index (χ1n) is 8.27. The molecule has 2 bridgehead atoms. The molecular formula is C19H24O. The van der Waals surface area contributed by atoms with E-state index < -0.39 is 5.60 Å². The molecule has 106 valence electrons. The Bertz CT molecular complexity index is 509. The third-order valence-electron chi connectivity index (χ3n) is 5.96. The normalized spacial score (nSPS) is 36.1. The van der Waals surface area contributed by atoms with Gasteiger partial charge in [0.2, 0.25) is 0 Å². The van der Waals surface area contributed by atoms with Crippen molar-refractivity contribution in [2.75, 3.05) is 0 Å². The Hall–Kier alpha value is -1.08. The highest BCUT2D eigenvalue weighted by Crippen LogP contribution is 2.52. The van der Waals surface area contributed by atoms with Gasteiger partial charge in [-0.3, -0.25) is 0 Å². The van der Waals surface area contributed by atoms with Crippen molar-refractivity contribution >= 4 is 0 Å². The first-order valence-corrected chi connectivity index (χ1v) is 8.27. The number of fused-ring (bicyclic) bond motifs is 3. The number of hydrogen-bond acceptors (Lipinski definition) is 1. The maximum absolute atomic E-state index is 11.6. The molecule has 0 saturated heterocycles. The van der Waals surface area contributed by atoms with Gasteiger partial charge in [-0.2, -0.15) is 0 Å². The van der Waals surface area contributed by atoms with E-state index in [1.807, 2.05) is 0 Å². The highest BCUT2D eigenvalue weighted by Gasteiger charge is 2.52. The van der Waals surface area contributed by atoms with Crippen LogP contribution in [0.4, 0.5) is 0 Å². The fraction of sp³-hybridized carbons (Fsp3) is 0.579. The second-order valence-corrected chi connectivity index (χ2v) is 6.95. The standard InChI is InChI=1S/C19H24O/c20-19(16-8-2-1-3-9-16)17-10-11-18(19)13-15-7-5-4-6-14(15)12-17/h4-8,17-18,20H,1-3,9-13H2. The summed E-state index contributed by atoms with van der Waals surface area (Å²) in [6.07, 6.45) is 11.8. The van der Waals surface area contributed by atoms with E-state index in [0.29, 0.717) is 11.8 Å². The fourth-order valence-corrected chi connectivity index (χ4v) is 4.90. The molecule has 0 aliphatic heterocycles. The van der Waals surface area contributed by atoms with Crippen LogP contribution in [0.3, 0.4) is 0 Å². The molecule has 1 aromatic rings. The minimum absolute atomic E-state index is 0.445. The monoisotopic (exact) mass is 268 g/mol. The minimum Gasteiger partial charge on any atom is -0.385 e. The fourth-order valence-electron chi connectivity index (χ4n) is 4.90. The average Bonchev–Trinajstić information content (AvgIpc) is 2.72. The van der Waals surface area contributed by atoms with Crippen molar-refractivity contribution in [2.45, 2.75) is 57.0 Å². The van der Waals surface area contributed by atoms with Crippen LogP contribution in [-0.2, 0) is 12.8 Å². The van der Waals surface area contributed by atoms with E-state index in [4.69, 9.17) is 0 Å². The number of benzene rings is 1. The van der Waals surface area contributed by atoms with Crippen molar-refractivity contribution in [3.8, 4) is 0 Å². The van der Waals surface area contributed by atoms with Crippen LogP contribution in [0, 0.1) is 11.8 Å².